The highest BCUT2D eigenvalue weighted by molar-refractivity contribution is 5.94. The molecular weight excluding hydrogens is 290 g/mol. The van der Waals surface area contributed by atoms with Gasteiger partial charge in [0.05, 0.1) is 19.2 Å². The molecule has 2 aromatic heterocycles. The molecule has 1 aliphatic heterocycles. The number of pyridine rings is 1. The van der Waals surface area contributed by atoms with Gasteiger partial charge in [-0.3, -0.25) is 0 Å². The van der Waals surface area contributed by atoms with Gasteiger partial charge in [0.1, 0.15) is 17.0 Å². The normalized spacial score (nSPS) is 17.8. The first-order valence-corrected chi connectivity index (χ1v) is 7.22. The highest BCUT2D eigenvalue weighted by atomic mass is 19.3. The third-order valence-corrected chi connectivity index (χ3v) is 3.75. The van der Waals surface area contributed by atoms with Crippen molar-refractivity contribution < 1.29 is 13.5 Å². The van der Waals surface area contributed by atoms with E-state index in [0.717, 1.165) is 5.69 Å². The lowest BCUT2D eigenvalue weighted by molar-refractivity contribution is -0.0118. The second-order valence-corrected chi connectivity index (χ2v) is 5.64. The minimum absolute atomic E-state index is 0.0833. The molecule has 0 atom stereocenters. The molecule has 118 valence electrons. The van der Waals surface area contributed by atoms with Gasteiger partial charge in [-0.1, -0.05) is 0 Å². The number of hydrogen-bond donors (Lipinski definition) is 0. The Morgan fingerprint density at radius 3 is 2.68 bits per heavy atom. The molecule has 0 radical (unpaired) electrons. The molecule has 1 saturated heterocycles. The van der Waals surface area contributed by atoms with E-state index < -0.39 is 5.92 Å². The monoisotopic (exact) mass is 308 g/mol. The van der Waals surface area contributed by atoms with E-state index in [0.29, 0.717) is 41.4 Å². The second-order valence-electron chi connectivity index (χ2n) is 5.64. The quantitative estimate of drug-likeness (QED) is 0.854. The van der Waals surface area contributed by atoms with E-state index in [1.165, 1.54) is 7.11 Å². The number of aromatic nitrogens is 3. The fourth-order valence-corrected chi connectivity index (χ4v) is 2.86. The Bertz CT molecular complexity index is 715. The number of hydrogen-bond acceptors (Lipinski definition) is 5. The Labute approximate surface area is 127 Å². The predicted octanol–water partition coefficient (Wildman–Crippen LogP) is 2.89. The van der Waals surface area contributed by atoms with Gasteiger partial charge in [-0.15, -0.1) is 0 Å². The van der Waals surface area contributed by atoms with Crippen molar-refractivity contribution in [3.63, 3.8) is 0 Å². The standard InChI is InChI=1S/C15H18F2N4O/c1-9-7-11-12(14(18-9)22-3)13(20-10(2)19-11)21-6-4-5-15(16,17)8-21/h7H,4-6,8H2,1-3H3. The summed E-state index contributed by atoms with van der Waals surface area (Å²) in [5.41, 5.74) is 1.43. The van der Waals surface area contributed by atoms with Gasteiger partial charge in [0.2, 0.25) is 5.88 Å². The summed E-state index contributed by atoms with van der Waals surface area (Å²) in [6.45, 7) is 3.80. The maximum Gasteiger partial charge on any atom is 0.265 e. The van der Waals surface area contributed by atoms with Crippen molar-refractivity contribution in [1.29, 1.82) is 0 Å². The van der Waals surface area contributed by atoms with Crippen molar-refractivity contribution in [3.05, 3.63) is 17.6 Å². The van der Waals surface area contributed by atoms with E-state index in [1.807, 2.05) is 13.0 Å². The molecule has 0 amide bonds. The van der Waals surface area contributed by atoms with Crippen molar-refractivity contribution >= 4 is 16.7 Å². The second kappa shape index (κ2) is 5.30. The molecule has 5 nitrogen and oxygen atoms in total. The van der Waals surface area contributed by atoms with E-state index in [-0.39, 0.29) is 13.0 Å². The SMILES string of the molecule is COc1nc(C)cc2nc(C)nc(N3CCCC(F)(F)C3)c12. The van der Waals surface area contributed by atoms with E-state index in [9.17, 15) is 8.78 Å². The first-order chi connectivity index (χ1) is 10.4. The number of ether oxygens (including phenoxy) is 1. The molecule has 7 heteroatoms. The van der Waals surface area contributed by atoms with Crippen LogP contribution in [-0.4, -0.2) is 41.1 Å². The van der Waals surface area contributed by atoms with Crippen LogP contribution in [0.25, 0.3) is 10.9 Å². The molecule has 0 unspecified atom stereocenters. The topological polar surface area (TPSA) is 51.1 Å². The highest BCUT2D eigenvalue weighted by Crippen LogP contribution is 2.35. The lowest BCUT2D eigenvalue weighted by atomic mass is 10.1. The largest absolute Gasteiger partial charge is 0.480 e. The van der Waals surface area contributed by atoms with E-state index in [4.69, 9.17) is 4.74 Å². The van der Waals surface area contributed by atoms with E-state index >= 15 is 0 Å². The van der Waals surface area contributed by atoms with Crippen LogP contribution in [-0.2, 0) is 0 Å². The Morgan fingerprint density at radius 1 is 1.23 bits per heavy atom. The maximum absolute atomic E-state index is 13.8. The maximum atomic E-state index is 13.8. The summed E-state index contributed by atoms with van der Waals surface area (Å²) in [5.74, 6) is -1.30. The van der Waals surface area contributed by atoms with Gasteiger partial charge in [-0.25, -0.2) is 23.7 Å². The summed E-state index contributed by atoms with van der Waals surface area (Å²) in [7, 11) is 1.51. The number of halogens is 2. The Balaban J connectivity index is 2.20. The molecule has 1 aliphatic rings. The smallest absolute Gasteiger partial charge is 0.265 e. The molecule has 0 N–H and O–H groups in total. The molecule has 2 aromatic rings. The average molecular weight is 308 g/mol. The fraction of sp³-hybridized carbons (Fsp3) is 0.533. The lowest BCUT2D eigenvalue weighted by Gasteiger charge is -2.34. The Morgan fingerprint density at radius 2 is 2.00 bits per heavy atom. The number of fused-ring (bicyclic) bond motifs is 1. The summed E-state index contributed by atoms with van der Waals surface area (Å²) in [6.07, 6.45) is 0.346. The van der Waals surface area contributed by atoms with Gasteiger partial charge in [0, 0.05) is 18.7 Å². The van der Waals surface area contributed by atoms with Crippen LogP contribution in [0.15, 0.2) is 6.07 Å². The van der Waals surface area contributed by atoms with Crippen molar-refractivity contribution in [2.24, 2.45) is 0 Å². The van der Waals surface area contributed by atoms with Crippen LogP contribution in [0.2, 0.25) is 0 Å². The summed E-state index contributed by atoms with van der Waals surface area (Å²) >= 11 is 0. The molecule has 0 bridgehead atoms. The van der Waals surface area contributed by atoms with Gasteiger partial charge >= 0.3 is 0 Å². The molecule has 0 aromatic carbocycles. The van der Waals surface area contributed by atoms with Crippen molar-refractivity contribution in [2.75, 3.05) is 25.1 Å². The molecule has 0 saturated carbocycles. The fourth-order valence-electron chi connectivity index (χ4n) is 2.86. The molecule has 22 heavy (non-hydrogen) atoms. The van der Waals surface area contributed by atoms with Gasteiger partial charge < -0.3 is 9.64 Å². The number of piperidine rings is 1. The number of nitrogens with zero attached hydrogens (tertiary/aromatic N) is 4. The third-order valence-electron chi connectivity index (χ3n) is 3.75. The summed E-state index contributed by atoms with van der Waals surface area (Å²) in [6, 6.07) is 1.82. The minimum Gasteiger partial charge on any atom is -0.480 e. The predicted molar refractivity (Wildman–Crippen MR) is 79.8 cm³/mol. The Hall–Kier alpha value is -2.05. The number of aryl methyl sites for hydroxylation is 2. The van der Waals surface area contributed by atoms with Crippen LogP contribution in [0.1, 0.15) is 24.4 Å². The summed E-state index contributed by atoms with van der Waals surface area (Å²) < 4.78 is 32.8. The van der Waals surface area contributed by atoms with E-state index in [2.05, 4.69) is 15.0 Å². The first kappa shape index (κ1) is 14.9. The van der Waals surface area contributed by atoms with Gasteiger partial charge in [0.15, 0.2) is 0 Å². The zero-order valence-corrected chi connectivity index (χ0v) is 12.9. The zero-order chi connectivity index (χ0) is 15.9. The molecular formula is C15H18F2N4O. The van der Waals surface area contributed by atoms with Gasteiger partial charge in [-0.2, -0.15) is 0 Å². The van der Waals surface area contributed by atoms with Crippen LogP contribution in [0, 0.1) is 13.8 Å². The van der Waals surface area contributed by atoms with Crippen molar-refractivity contribution in [3.8, 4) is 5.88 Å². The van der Waals surface area contributed by atoms with Crippen molar-refractivity contribution in [1.82, 2.24) is 15.0 Å². The number of alkyl halides is 2. The lowest BCUT2D eigenvalue weighted by Crippen LogP contribution is -2.43. The Kier molecular flexibility index (Phi) is 3.58. The average Bonchev–Trinajstić information content (AvgIpc) is 2.43. The van der Waals surface area contributed by atoms with Crippen LogP contribution in [0.3, 0.4) is 0 Å². The summed E-state index contributed by atoms with van der Waals surface area (Å²) in [4.78, 5) is 14.7. The number of methoxy groups -OCH3 is 1. The van der Waals surface area contributed by atoms with Crippen LogP contribution in [0.5, 0.6) is 5.88 Å². The molecule has 1 fully saturated rings. The number of anilines is 1. The molecule has 3 heterocycles. The van der Waals surface area contributed by atoms with Crippen LogP contribution < -0.4 is 9.64 Å². The molecule has 3 rings (SSSR count). The van der Waals surface area contributed by atoms with Gasteiger partial charge in [0.25, 0.3) is 5.92 Å². The molecule has 0 spiro atoms. The molecule has 0 aliphatic carbocycles. The first-order valence-electron chi connectivity index (χ1n) is 7.22. The van der Waals surface area contributed by atoms with Crippen LogP contribution in [0.4, 0.5) is 14.6 Å². The minimum atomic E-state index is -2.70. The van der Waals surface area contributed by atoms with Gasteiger partial charge in [-0.05, 0) is 26.3 Å². The third kappa shape index (κ3) is 2.67. The number of rotatable bonds is 2. The van der Waals surface area contributed by atoms with Crippen LogP contribution >= 0.6 is 0 Å². The van der Waals surface area contributed by atoms with Crippen molar-refractivity contribution in [2.45, 2.75) is 32.6 Å². The summed E-state index contributed by atoms with van der Waals surface area (Å²) in [5, 5.41) is 0.594. The van der Waals surface area contributed by atoms with E-state index in [1.54, 1.807) is 11.8 Å². The highest BCUT2D eigenvalue weighted by Gasteiger charge is 2.36. The zero-order valence-electron chi connectivity index (χ0n) is 12.9.